The molecule has 180 valence electrons. The normalized spacial score (nSPS) is 14.5. The zero-order valence-electron chi connectivity index (χ0n) is 20.3. The van der Waals surface area contributed by atoms with Crippen molar-refractivity contribution in [1.29, 1.82) is 0 Å². The lowest BCUT2D eigenvalue weighted by Crippen LogP contribution is -2.46. The van der Waals surface area contributed by atoms with Gasteiger partial charge in [-0.05, 0) is 73.5 Å². The minimum absolute atomic E-state index is 0.305. The molecule has 0 bridgehead atoms. The molecule has 0 N–H and O–H groups in total. The van der Waals surface area contributed by atoms with E-state index in [0.717, 1.165) is 59.9 Å². The molecule has 4 aromatic rings. The molecule has 1 saturated heterocycles. The molecule has 0 unspecified atom stereocenters. The van der Waals surface area contributed by atoms with E-state index in [9.17, 15) is 4.79 Å². The molecular formula is C30H32N2O2S. The van der Waals surface area contributed by atoms with Crippen LogP contribution < -0.4 is 10.5 Å². The maximum Gasteiger partial charge on any atom is 0.336 e. The quantitative estimate of drug-likeness (QED) is 0.163. The Bertz CT molecular complexity index is 1310. The number of hydrogen-bond acceptors (Lipinski definition) is 5. The number of aryl methyl sites for hydroxylation is 1. The van der Waals surface area contributed by atoms with Crippen LogP contribution in [0.2, 0.25) is 0 Å². The number of nitrogens with zero attached hydrogens (tertiary/aromatic N) is 2. The molecule has 0 saturated carbocycles. The molecular weight excluding hydrogens is 452 g/mol. The molecule has 5 rings (SSSR count). The first-order valence-electron chi connectivity index (χ1n) is 12.5. The first-order chi connectivity index (χ1) is 17.2. The van der Waals surface area contributed by atoms with E-state index < -0.39 is 0 Å². The maximum atomic E-state index is 12.2. The standard InChI is InChI=1S/C30H32N2O2S/c1-23-9-11-25(12-10-23)32-18-16-31(17-19-32)15-5-6-20-35-26-13-14-27-28(24-7-3-2-4-8-24)22-30(33)34-29(27)21-26/h2-4,7-14,21-22H,5-6,15-20H2,1H3. The van der Waals surface area contributed by atoms with E-state index >= 15 is 0 Å². The van der Waals surface area contributed by atoms with Crippen LogP contribution in [-0.4, -0.2) is 43.4 Å². The topological polar surface area (TPSA) is 36.7 Å². The van der Waals surface area contributed by atoms with Crippen molar-refractivity contribution < 1.29 is 4.42 Å². The van der Waals surface area contributed by atoms with Crippen molar-refractivity contribution in [3.8, 4) is 11.1 Å². The summed E-state index contributed by atoms with van der Waals surface area (Å²) in [5, 5.41) is 0.977. The molecule has 0 amide bonds. The van der Waals surface area contributed by atoms with Gasteiger partial charge in [0.1, 0.15) is 5.58 Å². The van der Waals surface area contributed by atoms with Crippen LogP contribution in [0.1, 0.15) is 18.4 Å². The third-order valence-corrected chi connectivity index (χ3v) is 7.79. The fourth-order valence-corrected chi connectivity index (χ4v) is 5.64. The Kier molecular flexibility index (Phi) is 7.55. The van der Waals surface area contributed by atoms with Crippen molar-refractivity contribution in [2.24, 2.45) is 0 Å². The molecule has 1 aliphatic rings. The molecule has 1 aliphatic heterocycles. The molecule has 2 heterocycles. The summed E-state index contributed by atoms with van der Waals surface area (Å²) in [5.74, 6) is 1.07. The highest BCUT2D eigenvalue weighted by Gasteiger charge is 2.16. The lowest BCUT2D eigenvalue weighted by Gasteiger charge is -2.36. The van der Waals surface area contributed by atoms with Crippen LogP contribution in [-0.2, 0) is 0 Å². The smallest absolute Gasteiger partial charge is 0.336 e. The summed E-state index contributed by atoms with van der Waals surface area (Å²) >= 11 is 1.84. The lowest BCUT2D eigenvalue weighted by atomic mass is 10.0. The summed E-state index contributed by atoms with van der Waals surface area (Å²) < 4.78 is 5.54. The van der Waals surface area contributed by atoms with Crippen molar-refractivity contribution >= 4 is 28.4 Å². The van der Waals surface area contributed by atoms with Crippen LogP contribution in [0.3, 0.4) is 0 Å². The van der Waals surface area contributed by atoms with Gasteiger partial charge < -0.3 is 9.32 Å². The predicted octanol–water partition coefficient (Wildman–Crippen LogP) is 6.46. The van der Waals surface area contributed by atoms with E-state index in [4.69, 9.17) is 4.42 Å². The first-order valence-corrected chi connectivity index (χ1v) is 13.4. The number of hydrogen-bond donors (Lipinski definition) is 0. The van der Waals surface area contributed by atoms with Crippen LogP contribution in [0.5, 0.6) is 0 Å². The summed E-state index contributed by atoms with van der Waals surface area (Å²) in [6, 6.07) is 26.7. The Morgan fingerprint density at radius 1 is 0.857 bits per heavy atom. The van der Waals surface area contributed by atoms with Crippen LogP contribution >= 0.6 is 11.8 Å². The third-order valence-electron chi connectivity index (χ3n) is 6.71. The van der Waals surface area contributed by atoms with E-state index in [1.165, 1.54) is 24.1 Å². The number of fused-ring (bicyclic) bond motifs is 1. The van der Waals surface area contributed by atoms with E-state index in [1.54, 1.807) is 6.07 Å². The Balaban J connectivity index is 1.09. The molecule has 1 fully saturated rings. The van der Waals surface area contributed by atoms with Gasteiger partial charge in [0.2, 0.25) is 0 Å². The molecule has 5 heteroatoms. The van der Waals surface area contributed by atoms with Crippen LogP contribution in [0.15, 0.2) is 93.0 Å². The molecule has 35 heavy (non-hydrogen) atoms. The summed E-state index contributed by atoms with van der Waals surface area (Å²) in [5.41, 5.74) is 4.97. The van der Waals surface area contributed by atoms with E-state index in [2.05, 4.69) is 53.1 Å². The molecule has 0 radical (unpaired) electrons. The van der Waals surface area contributed by atoms with Gasteiger partial charge in [-0.1, -0.05) is 48.0 Å². The van der Waals surface area contributed by atoms with Crippen molar-refractivity contribution in [2.75, 3.05) is 43.4 Å². The summed E-state index contributed by atoms with van der Waals surface area (Å²) in [7, 11) is 0. The van der Waals surface area contributed by atoms with E-state index in [-0.39, 0.29) is 5.63 Å². The zero-order valence-corrected chi connectivity index (χ0v) is 21.1. The number of rotatable bonds is 8. The highest BCUT2D eigenvalue weighted by atomic mass is 32.2. The van der Waals surface area contributed by atoms with Gasteiger partial charge >= 0.3 is 5.63 Å². The van der Waals surface area contributed by atoms with Gasteiger partial charge in [-0.3, -0.25) is 4.90 Å². The van der Waals surface area contributed by atoms with Crippen LogP contribution in [0.4, 0.5) is 5.69 Å². The number of piperazine rings is 1. The molecule has 0 atom stereocenters. The second kappa shape index (κ2) is 11.1. The second-order valence-corrected chi connectivity index (χ2v) is 10.4. The van der Waals surface area contributed by atoms with Gasteiger partial charge in [0.25, 0.3) is 0 Å². The Labute approximate surface area is 211 Å². The van der Waals surface area contributed by atoms with Gasteiger partial charge in [-0.15, -0.1) is 11.8 Å². The number of anilines is 1. The largest absolute Gasteiger partial charge is 0.423 e. The van der Waals surface area contributed by atoms with Gasteiger partial charge in [0.05, 0.1) is 0 Å². The number of benzene rings is 3. The monoisotopic (exact) mass is 484 g/mol. The molecule has 4 nitrogen and oxygen atoms in total. The minimum atomic E-state index is -0.305. The van der Waals surface area contributed by atoms with Gasteiger partial charge in [0.15, 0.2) is 0 Å². The Hall–Kier alpha value is -3.02. The minimum Gasteiger partial charge on any atom is -0.423 e. The summed E-state index contributed by atoms with van der Waals surface area (Å²) in [6.07, 6.45) is 2.38. The summed E-state index contributed by atoms with van der Waals surface area (Å²) in [6.45, 7) is 7.77. The fraction of sp³-hybridized carbons (Fsp3) is 0.300. The Morgan fingerprint density at radius 2 is 1.63 bits per heavy atom. The first kappa shape index (κ1) is 23.7. The highest BCUT2D eigenvalue weighted by molar-refractivity contribution is 7.99. The molecule has 0 spiro atoms. The molecule has 1 aromatic heterocycles. The number of unbranched alkanes of at least 4 members (excludes halogenated alkanes) is 1. The number of thioether (sulfide) groups is 1. The van der Waals surface area contributed by atoms with Gasteiger partial charge in [0, 0.05) is 48.2 Å². The fourth-order valence-electron chi connectivity index (χ4n) is 4.70. The van der Waals surface area contributed by atoms with Crippen LogP contribution in [0.25, 0.3) is 22.1 Å². The van der Waals surface area contributed by atoms with E-state index in [1.807, 2.05) is 48.2 Å². The predicted molar refractivity (Wildman–Crippen MR) is 148 cm³/mol. The average molecular weight is 485 g/mol. The zero-order chi connectivity index (χ0) is 24.0. The molecule has 0 aliphatic carbocycles. The second-order valence-electron chi connectivity index (χ2n) is 9.22. The van der Waals surface area contributed by atoms with Crippen molar-refractivity contribution in [2.45, 2.75) is 24.7 Å². The van der Waals surface area contributed by atoms with Gasteiger partial charge in [-0.2, -0.15) is 0 Å². The van der Waals surface area contributed by atoms with Crippen molar-refractivity contribution in [1.82, 2.24) is 4.90 Å². The van der Waals surface area contributed by atoms with Crippen molar-refractivity contribution in [3.63, 3.8) is 0 Å². The maximum absolute atomic E-state index is 12.2. The summed E-state index contributed by atoms with van der Waals surface area (Å²) in [4.78, 5) is 18.4. The van der Waals surface area contributed by atoms with Crippen LogP contribution in [0, 0.1) is 6.92 Å². The van der Waals surface area contributed by atoms with Gasteiger partial charge in [-0.25, -0.2) is 4.79 Å². The van der Waals surface area contributed by atoms with Crippen molar-refractivity contribution in [3.05, 3.63) is 94.8 Å². The lowest BCUT2D eigenvalue weighted by molar-refractivity contribution is 0.254. The SMILES string of the molecule is Cc1ccc(N2CCN(CCCCSc3ccc4c(-c5ccccc5)cc(=O)oc4c3)CC2)cc1. The average Bonchev–Trinajstić information content (AvgIpc) is 2.89. The highest BCUT2D eigenvalue weighted by Crippen LogP contribution is 2.30. The third kappa shape index (κ3) is 5.98. The van der Waals surface area contributed by atoms with E-state index in [0.29, 0.717) is 5.58 Å². The Morgan fingerprint density at radius 3 is 2.40 bits per heavy atom. The molecule has 3 aromatic carbocycles.